The standard InChI is InChI=1S/C14H17N3O4S2/c1-3-23(19,20)17-11-6-4-10(5-7-11)15-14(18)12-9-22-13(16-12)8-21-2/h4-7,9,17H,3,8H2,1-2H3,(H,15,18). The van der Waals surface area contributed by atoms with Gasteiger partial charge >= 0.3 is 0 Å². The lowest BCUT2D eigenvalue weighted by Crippen LogP contribution is -2.15. The Bertz CT molecular complexity index is 770. The summed E-state index contributed by atoms with van der Waals surface area (Å²) in [4.78, 5) is 16.2. The number of methoxy groups -OCH3 is 1. The highest BCUT2D eigenvalue weighted by Crippen LogP contribution is 2.17. The van der Waals surface area contributed by atoms with Crippen LogP contribution < -0.4 is 10.0 Å². The molecule has 0 aliphatic heterocycles. The molecular weight excluding hydrogens is 338 g/mol. The predicted molar refractivity (Wildman–Crippen MR) is 90.3 cm³/mol. The van der Waals surface area contributed by atoms with Gasteiger partial charge in [0.1, 0.15) is 10.7 Å². The Labute approximate surface area is 138 Å². The molecule has 23 heavy (non-hydrogen) atoms. The lowest BCUT2D eigenvalue weighted by Gasteiger charge is -2.07. The molecule has 0 unspecified atom stereocenters. The number of hydrogen-bond acceptors (Lipinski definition) is 6. The Kier molecular flexibility index (Phi) is 5.69. The van der Waals surface area contributed by atoms with Crippen LogP contribution in [0.5, 0.6) is 0 Å². The SMILES string of the molecule is CCS(=O)(=O)Nc1ccc(NC(=O)c2csc(COC)n2)cc1. The van der Waals surface area contributed by atoms with Gasteiger partial charge in [-0.05, 0) is 31.2 Å². The first-order valence-corrected chi connectivity index (χ1v) is 9.32. The molecule has 1 heterocycles. The number of benzene rings is 1. The van der Waals surface area contributed by atoms with Crippen molar-refractivity contribution in [1.82, 2.24) is 4.98 Å². The maximum atomic E-state index is 12.1. The van der Waals surface area contributed by atoms with Crippen molar-refractivity contribution >= 4 is 38.6 Å². The van der Waals surface area contributed by atoms with Crippen LogP contribution in [0.25, 0.3) is 0 Å². The van der Waals surface area contributed by atoms with E-state index in [9.17, 15) is 13.2 Å². The first-order valence-electron chi connectivity index (χ1n) is 6.78. The fourth-order valence-electron chi connectivity index (χ4n) is 1.67. The van der Waals surface area contributed by atoms with Crippen molar-refractivity contribution in [3.05, 3.63) is 40.3 Å². The fourth-order valence-corrected chi connectivity index (χ4v) is 3.06. The average Bonchev–Trinajstić information content (AvgIpc) is 2.98. The zero-order valence-electron chi connectivity index (χ0n) is 12.7. The van der Waals surface area contributed by atoms with Crippen LogP contribution in [0.4, 0.5) is 11.4 Å². The molecule has 0 saturated carbocycles. The molecule has 9 heteroatoms. The summed E-state index contributed by atoms with van der Waals surface area (Å²) in [5.74, 6) is -0.329. The Balaban J connectivity index is 2.01. The molecule has 7 nitrogen and oxygen atoms in total. The number of amides is 1. The number of nitrogens with one attached hydrogen (secondary N) is 2. The van der Waals surface area contributed by atoms with E-state index in [0.29, 0.717) is 23.7 Å². The Morgan fingerprint density at radius 1 is 1.26 bits per heavy atom. The van der Waals surface area contributed by atoms with Crippen molar-refractivity contribution in [3.8, 4) is 0 Å². The minimum atomic E-state index is -3.31. The molecule has 0 spiro atoms. The molecular formula is C14H17N3O4S2. The molecule has 124 valence electrons. The molecule has 0 bridgehead atoms. The summed E-state index contributed by atoms with van der Waals surface area (Å²) >= 11 is 1.35. The van der Waals surface area contributed by atoms with E-state index in [1.165, 1.54) is 11.3 Å². The van der Waals surface area contributed by atoms with Crippen LogP contribution in [-0.2, 0) is 21.4 Å². The quantitative estimate of drug-likeness (QED) is 0.794. The molecule has 0 atom stereocenters. The smallest absolute Gasteiger partial charge is 0.275 e. The van der Waals surface area contributed by atoms with E-state index >= 15 is 0 Å². The number of hydrogen-bond donors (Lipinski definition) is 2. The second kappa shape index (κ2) is 7.53. The highest BCUT2D eigenvalue weighted by atomic mass is 32.2. The Hall–Kier alpha value is -1.97. The van der Waals surface area contributed by atoms with Crippen LogP contribution in [0.15, 0.2) is 29.6 Å². The summed E-state index contributed by atoms with van der Waals surface area (Å²) in [6, 6.07) is 6.40. The van der Waals surface area contributed by atoms with Crippen LogP contribution in [0.2, 0.25) is 0 Å². The lowest BCUT2D eigenvalue weighted by atomic mass is 10.3. The van der Waals surface area contributed by atoms with Gasteiger partial charge in [0.25, 0.3) is 5.91 Å². The van der Waals surface area contributed by atoms with Crippen molar-refractivity contribution in [3.63, 3.8) is 0 Å². The number of aromatic nitrogens is 1. The zero-order valence-corrected chi connectivity index (χ0v) is 14.3. The molecule has 0 saturated heterocycles. The van der Waals surface area contributed by atoms with Crippen molar-refractivity contribution in [1.29, 1.82) is 0 Å². The number of sulfonamides is 1. The topological polar surface area (TPSA) is 97.4 Å². The van der Waals surface area contributed by atoms with Gasteiger partial charge in [-0.15, -0.1) is 11.3 Å². The van der Waals surface area contributed by atoms with Gasteiger partial charge in [0.15, 0.2) is 0 Å². The monoisotopic (exact) mass is 355 g/mol. The van der Waals surface area contributed by atoms with Gasteiger partial charge in [-0.3, -0.25) is 9.52 Å². The lowest BCUT2D eigenvalue weighted by molar-refractivity contribution is 0.102. The van der Waals surface area contributed by atoms with Crippen LogP contribution in [0, 0.1) is 0 Å². The Morgan fingerprint density at radius 2 is 1.91 bits per heavy atom. The van der Waals surface area contributed by atoms with E-state index < -0.39 is 10.0 Å². The molecule has 0 fully saturated rings. The van der Waals surface area contributed by atoms with E-state index in [-0.39, 0.29) is 11.7 Å². The predicted octanol–water partition coefficient (Wildman–Crippen LogP) is 2.30. The highest BCUT2D eigenvalue weighted by Gasteiger charge is 2.11. The van der Waals surface area contributed by atoms with Crippen LogP contribution in [0.3, 0.4) is 0 Å². The molecule has 2 N–H and O–H groups in total. The maximum Gasteiger partial charge on any atom is 0.275 e. The molecule has 2 aromatic rings. The number of nitrogens with zero attached hydrogens (tertiary/aromatic N) is 1. The van der Waals surface area contributed by atoms with E-state index in [2.05, 4.69) is 15.0 Å². The third kappa shape index (κ3) is 5.02. The first kappa shape index (κ1) is 17.4. The van der Waals surface area contributed by atoms with Gasteiger partial charge in [0.2, 0.25) is 10.0 Å². The maximum absolute atomic E-state index is 12.1. The van der Waals surface area contributed by atoms with Crippen molar-refractivity contribution in [2.45, 2.75) is 13.5 Å². The van der Waals surface area contributed by atoms with Gasteiger partial charge in [-0.1, -0.05) is 0 Å². The zero-order chi connectivity index (χ0) is 16.9. The highest BCUT2D eigenvalue weighted by molar-refractivity contribution is 7.92. The van der Waals surface area contributed by atoms with Gasteiger partial charge in [-0.2, -0.15) is 0 Å². The van der Waals surface area contributed by atoms with Crippen LogP contribution >= 0.6 is 11.3 Å². The van der Waals surface area contributed by atoms with Crippen LogP contribution in [-0.4, -0.2) is 32.2 Å². The summed E-state index contributed by atoms with van der Waals surface area (Å²) in [5, 5.41) is 5.09. The van der Waals surface area contributed by atoms with Gasteiger partial charge < -0.3 is 10.1 Å². The van der Waals surface area contributed by atoms with Crippen molar-refractivity contribution in [2.75, 3.05) is 22.9 Å². The number of carbonyl (C=O) groups excluding carboxylic acids is 1. The van der Waals surface area contributed by atoms with E-state index in [0.717, 1.165) is 5.01 Å². The van der Waals surface area contributed by atoms with E-state index in [4.69, 9.17) is 4.74 Å². The largest absolute Gasteiger partial charge is 0.378 e. The van der Waals surface area contributed by atoms with Gasteiger partial charge in [0, 0.05) is 23.9 Å². The molecule has 2 rings (SSSR count). The summed E-state index contributed by atoms with van der Waals surface area (Å²) in [7, 11) is -1.75. The summed E-state index contributed by atoms with van der Waals surface area (Å²) in [6.45, 7) is 1.92. The number of ether oxygens (including phenoxy) is 1. The molecule has 1 aromatic carbocycles. The number of carbonyl (C=O) groups is 1. The van der Waals surface area contributed by atoms with Gasteiger partial charge in [0.05, 0.1) is 12.4 Å². The average molecular weight is 355 g/mol. The molecule has 1 amide bonds. The fraction of sp³-hybridized carbons (Fsp3) is 0.286. The first-order chi connectivity index (χ1) is 10.9. The molecule has 0 aliphatic rings. The summed E-state index contributed by atoms with van der Waals surface area (Å²) in [5.41, 5.74) is 1.31. The normalized spacial score (nSPS) is 11.2. The second-order valence-electron chi connectivity index (χ2n) is 4.60. The molecule has 0 aliphatic carbocycles. The summed E-state index contributed by atoms with van der Waals surface area (Å²) < 4.78 is 30.3. The van der Waals surface area contributed by atoms with Crippen LogP contribution in [0.1, 0.15) is 22.4 Å². The molecule has 0 radical (unpaired) electrons. The van der Waals surface area contributed by atoms with Crippen molar-refractivity contribution < 1.29 is 17.9 Å². The third-order valence-corrected chi connectivity index (χ3v) is 4.98. The van der Waals surface area contributed by atoms with Crippen molar-refractivity contribution in [2.24, 2.45) is 0 Å². The minimum absolute atomic E-state index is 0.000873. The van der Waals surface area contributed by atoms with E-state index in [1.807, 2.05) is 0 Å². The Morgan fingerprint density at radius 3 is 2.52 bits per heavy atom. The van der Waals surface area contributed by atoms with Gasteiger partial charge in [-0.25, -0.2) is 13.4 Å². The minimum Gasteiger partial charge on any atom is -0.378 e. The van der Waals surface area contributed by atoms with E-state index in [1.54, 1.807) is 43.7 Å². The third-order valence-electron chi connectivity index (χ3n) is 2.85. The number of thiazole rings is 1. The molecule has 1 aromatic heterocycles. The second-order valence-corrected chi connectivity index (χ2v) is 7.55. The number of anilines is 2. The number of rotatable bonds is 7. The summed E-state index contributed by atoms with van der Waals surface area (Å²) in [6.07, 6.45) is 0.